The van der Waals surface area contributed by atoms with E-state index in [0.29, 0.717) is 5.56 Å². The van der Waals surface area contributed by atoms with E-state index in [1.165, 1.54) is 0 Å². The van der Waals surface area contributed by atoms with Crippen molar-refractivity contribution in [3.63, 3.8) is 0 Å². The molecule has 4 nitrogen and oxygen atoms in total. The SMILES string of the molecule is O=C(Nc1ccccc1)c1ccc(COC(=O)C2CCCC2)cc1. The first kappa shape index (κ1) is 16.2. The number of esters is 1. The number of rotatable bonds is 5. The fraction of sp³-hybridized carbons (Fsp3) is 0.300. The van der Waals surface area contributed by atoms with Gasteiger partial charge in [0.2, 0.25) is 0 Å². The molecule has 0 spiro atoms. The molecule has 0 bridgehead atoms. The number of carbonyl (C=O) groups is 2. The first-order valence-corrected chi connectivity index (χ1v) is 8.34. The van der Waals surface area contributed by atoms with Crippen LogP contribution in [0.1, 0.15) is 41.6 Å². The zero-order valence-corrected chi connectivity index (χ0v) is 13.5. The second kappa shape index (κ2) is 7.77. The summed E-state index contributed by atoms with van der Waals surface area (Å²) in [5.41, 5.74) is 2.22. The Balaban J connectivity index is 1.53. The van der Waals surface area contributed by atoms with E-state index in [-0.39, 0.29) is 24.4 Å². The average Bonchev–Trinajstić information content (AvgIpc) is 3.16. The lowest BCUT2D eigenvalue weighted by molar-refractivity contribution is -0.149. The summed E-state index contributed by atoms with van der Waals surface area (Å²) in [7, 11) is 0. The molecule has 0 unspecified atom stereocenters. The van der Waals surface area contributed by atoms with Crippen molar-refractivity contribution in [2.75, 3.05) is 5.32 Å². The van der Waals surface area contributed by atoms with E-state index in [2.05, 4.69) is 5.32 Å². The van der Waals surface area contributed by atoms with Gasteiger partial charge in [0.25, 0.3) is 5.91 Å². The maximum Gasteiger partial charge on any atom is 0.309 e. The zero-order chi connectivity index (χ0) is 16.8. The van der Waals surface area contributed by atoms with Gasteiger partial charge in [0, 0.05) is 11.3 Å². The van der Waals surface area contributed by atoms with E-state index in [9.17, 15) is 9.59 Å². The Labute approximate surface area is 141 Å². The molecule has 1 aliphatic rings. The Morgan fingerprint density at radius 1 is 0.958 bits per heavy atom. The molecule has 0 saturated heterocycles. The molecule has 1 saturated carbocycles. The standard InChI is InChI=1S/C20H21NO3/c22-19(21-18-8-2-1-3-9-18)16-12-10-15(11-13-16)14-24-20(23)17-6-4-5-7-17/h1-3,8-13,17H,4-7,14H2,(H,21,22). The van der Waals surface area contributed by atoms with Crippen molar-refractivity contribution >= 4 is 17.6 Å². The van der Waals surface area contributed by atoms with Gasteiger partial charge in [-0.2, -0.15) is 0 Å². The van der Waals surface area contributed by atoms with Gasteiger partial charge in [-0.15, -0.1) is 0 Å². The van der Waals surface area contributed by atoms with Crippen molar-refractivity contribution in [2.45, 2.75) is 32.3 Å². The topological polar surface area (TPSA) is 55.4 Å². The molecule has 1 amide bonds. The molecule has 1 aliphatic carbocycles. The van der Waals surface area contributed by atoms with Crippen LogP contribution in [0.25, 0.3) is 0 Å². The summed E-state index contributed by atoms with van der Waals surface area (Å²) in [6, 6.07) is 16.5. The molecule has 0 radical (unpaired) electrons. The molecule has 0 heterocycles. The highest BCUT2D eigenvalue weighted by Gasteiger charge is 2.23. The van der Waals surface area contributed by atoms with Crippen molar-refractivity contribution < 1.29 is 14.3 Å². The minimum atomic E-state index is -0.157. The predicted molar refractivity (Wildman–Crippen MR) is 92.6 cm³/mol. The van der Waals surface area contributed by atoms with E-state index < -0.39 is 0 Å². The molecule has 4 heteroatoms. The third-order valence-electron chi connectivity index (χ3n) is 4.32. The smallest absolute Gasteiger partial charge is 0.309 e. The molecule has 1 fully saturated rings. The van der Waals surface area contributed by atoms with Gasteiger partial charge in [-0.25, -0.2) is 0 Å². The van der Waals surface area contributed by atoms with Crippen LogP contribution in [0.2, 0.25) is 0 Å². The normalized spacial score (nSPS) is 14.3. The predicted octanol–water partition coefficient (Wildman–Crippen LogP) is 4.17. The largest absolute Gasteiger partial charge is 0.461 e. The summed E-state index contributed by atoms with van der Waals surface area (Å²) < 4.78 is 5.37. The van der Waals surface area contributed by atoms with Gasteiger partial charge in [-0.1, -0.05) is 43.2 Å². The quantitative estimate of drug-likeness (QED) is 0.840. The van der Waals surface area contributed by atoms with Crippen LogP contribution in [-0.2, 0) is 16.1 Å². The molecule has 2 aromatic rings. The van der Waals surface area contributed by atoms with Crippen LogP contribution in [0.5, 0.6) is 0 Å². The molecule has 0 aromatic heterocycles. The van der Waals surface area contributed by atoms with E-state index >= 15 is 0 Å². The van der Waals surface area contributed by atoms with Gasteiger partial charge in [0.15, 0.2) is 0 Å². The number of para-hydroxylation sites is 1. The van der Waals surface area contributed by atoms with Gasteiger partial charge >= 0.3 is 5.97 Å². The van der Waals surface area contributed by atoms with Gasteiger partial charge in [-0.3, -0.25) is 9.59 Å². The maximum absolute atomic E-state index is 12.2. The Hall–Kier alpha value is -2.62. The highest BCUT2D eigenvalue weighted by atomic mass is 16.5. The summed E-state index contributed by atoms with van der Waals surface area (Å²) in [6.07, 6.45) is 4.12. The Morgan fingerprint density at radius 3 is 2.29 bits per heavy atom. The van der Waals surface area contributed by atoms with Crippen LogP contribution in [0.4, 0.5) is 5.69 Å². The highest BCUT2D eigenvalue weighted by molar-refractivity contribution is 6.04. The number of ether oxygens (including phenoxy) is 1. The van der Waals surface area contributed by atoms with Crippen LogP contribution in [0.15, 0.2) is 54.6 Å². The number of amides is 1. The first-order chi connectivity index (χ1) is 11.7. The maximum atomic E-state index is 12.2. The van der Waals surface area contributed by atoms with Gasteiger partial charge < -0.3 is 10.1 Å². The molecule has 1 N–H and O–H groups in total. The molecule has 24 heavy (non-hydrogen) atoms. The Kier molecular flexibility index (Phi) is 5.26. The van der Waals surface area contributed by atoms with E-state index in [1.807, 2.05) is 42.5 Å². The summed E-state index contributed by atoms with van der Waals surface area (Å²) in [4.78, 5) is 24.1. The van der Waals surface area contributed by atoms with E-state index in [0.717, 1.165) is 36.9 Å². The summed E-state index contributed by atoms with van der Waals surface area (Å²) in [5.74, 6) is -0.185. The zero-order valence-electron chi connectivity index (χ0n) is 13.5. The number of nitrogens with one attached hydrogen (secondary N) is 1. The van der Waals surface area contributed by atoms with Crippen LogP contribution >= 0.6 is 0 Å². The minimum Gasteiger partial charge on any atom is -0.461 e. The molecular formula is C20H21NO3. The Morgan fingerprint density at radius 2 is 1.62 bits per heavy atom. The molecule has 0 atom stereocenters. The van der Waals surface area contributed by atoms with Crippen molar-refractivity contribution in [1.29, 1.82) is 0 Å². The van der Waals surface area contributed by atoms with Crippen molar-refractivity contribution in [3.05, 3.63) is 65.7 Å². The lowest BCUT2D eigenvalue weighted by atomic mass is 10.1. The third kappa shape index (κ3) is 4.22. The van der Waals surface area contributed by atoms with Crippen molar-refractivity contribution in [1.82, 2.24) is 0 Å². The number of hydrogen-bond donors (Lipinski definition) is 1. The van der Waals surface area contributed by atoms with Crippen molar-refractivity contribution in [2.24, 2.45) is 5.92 Å². The second-order valence-corrected chi connectivity index (χ2v) is 6.11. The van der Waals surface area contributed by atoms with E-state index in [4.69, 9.17) is 4.74 Å². The van der Waals surface area contributed by atoms with E-state index in [1.54, 1.807) is 12.1 Å². The third-order valence-corrected chi connectivity index (χ3v) is 4.32. The Bertz CT molecular complexity index is 689. The minimum absolute atomic E-state index is 0.0703. The molecule has 124 valence electrons. The van der Waals surface area contributed by atoms with Gasteiger partial charge in [0.05, 0.1) is 5.92 Å². The average molecular weight is 323 g/mol. The molecule has 0 aliphatic heterocycles. The second-order valence-electron chi connectivity index (χ2n) is 6.11. The van der Waals surface area contributed by atoms with Crippen LogP contribution in [0, 0.1) is 5.92 Å². The van der Waals surface area contributed by atoms with Crippen LogP contribution in [-0.4, -0.2) is 11.9 Å². The summed E-state index contributed by atoms with van der Waals surface area (Å²) in [6.45, 7) is 0.260. The molecule has 3 rings (SSSR count). The fourth-order valence-corrected chi connectivity index (χ4v) is 2.91. The highest BCUT2D eigenvalue weighted by Crippen LogP contribution is 2.26. The summed E-state index contributed by atoms with van der Waals surface area (Å²) >= 11 is 0. The molecule has 2 aromatic carbocycles. The van der Waals surface area contributed by atoms with Crippen LogP contribution < -0.4 is 5.32 Å². The van der Waals surface area contributed by atoms with Crippen molar-refractivity contribution in [3.8, 4) is 0 Å². The molecular weight excluding hydrogens is 302 g/mol. The number of carbonyl (C=O) groups excluding carboxylic acids is 2. The first-order valence-electron chi connectivity index (χ1n) is 8.34. The number of benzene rings is 2. The fourth-order valence-electron chi connectivity index (χ4n) is 2.91. The van der Waals surface area contributed by atoms with Crippen LogP contribution in [0.3, 0.4) is 0 Å². The van der Waals surface area contributed by atoms with Gasteiger partial charge in [0.1, 0.15) is 6.61 Å². The van der Waals surface area contributed by atoms with Gasteiger partial charge in [-0.05, 0) is 42.7 Å². The lowest BCUT2D eigenvalue weighted by Crippen LogP contribution is -2.14. The summed E-state index contributed by atoms with van der Waals surface area (Å²) in [5, 5.41) is 2.84. The monoisotopic (exact) mass is 323 g/mol. The lowest BCUT2D eigenvalue weighted by Gasteiger charge is -2.10. The number of hydrogen-bond acceptors (Lipinski definition) is 3. The number of anilines is 1.